The highest BCUT2D eigenvalue weighted by atomic mass is 16.5. The van der Waals surface area contributed by atoms with Gasteiger partial charge >= 0.3 is 6.09 Å². The van der Waals surface area contributed by atoms with Crippen molar-refractivity contribution in [3.63, 3.8) is 0 Å². The molecule has 0 bridgehead atoms. The molecule has 0 spiro atoms. The first kappa shape index (κ1) is 31.6. The normalized spacial score (nSPS) is 19.9. The maximum absolute atomic E-state index is 12.3. The Labute approximate surface area is 262 Å². The summed E-state index contributed by atoms with van der Waals surface area (Å²) in [6.45, 7) is 2.90. The number of benzene rings is 3. The molecule has 1 saturated carbocycles. The molecule has 2 fully saturated rings. The van der Waals surface area contributed by atoms with Gasteiger partial charge < -0.3 is 20.5 Å². The van der Waals surface area contributed by atoms with Crippen molar-refractivity contribution in [2.45, 2.75) is 75.8 Å². The van der Waals surface area contributed by atoms with Crippen molar-refractivity contribution in [2.24, 2.45) is 11.7 Å². The summed E-state index contributed by atoms with van der Waals surface area (Å²) in [4.78, 5) is 28.2. The maximum atomic E-state index is 12.3. The fourth-order valence-corrected chi connectivity index (χ4v) is 7.33. The average Bonchev–Trinajstić information content (AvgIpc) is 3.05. The molecule has 3 unspecified atom stereocenters. The zero-order valence-electron chi connectivity index (χ0n) is 25.7. The lowest BCUT2D eigenvalue weighted by Gasteiger charge is -2.44. The lowest BCUT2D eigenvalue weighted by Crippen LogP contribution is -2.53. The van der Waals surface area contributed by atoms with Gasteiger partial charge in [0.2, 0.25) is 5.91 Å². The summed E-state index contributed by atoms with van der Waals surface area (Å²) in [5.41, 5.74) is 8.49. The van der Waals surface area contributed by atoms with Gasteiger partial charge in [0.1, 0.15) is 5.75 Å². The standard InChI is InChI=1S/C37H47N3O4/c38-36(41)31-18-10-19-34(25-31)44-23-11-21-39(27-35(29-14-6-2-7-15-29)30-16-8-3-9-17-30)32-20-22-40(37(42)43)33(26-32)24-28-12-4-1-5-13-28/h1-2,4-7,10,12-15,18-19,25,30,32-33,35H,3,8-9,11,16-17,20-24,26-27H2,(H2,38,41)(H,42,43). The number of carbonyl (C=O) groups is 2. The monoisotopic (exact) mass is 597 g/mol. The van der Waals surface area contributed by atoms with Gasteiger partial charge in [0.15, 0.2) is 0 Å². The van der Waals surface area contributed by atoms with Crippen LogP contribution in [0, 0.1) is 5.92 Å². The Morgan fingerprint density at radius 1 is 0.932 bits per heavy atom. The molecule has 0 aromatic heterocycles. The summed E-state index contributed by atoms with van der Waals surface area (Å²) >= 11 is 0. The van der Waals surface area contributed by atoms with E-state index in [4.69, 9.17) is 10.5 Å². The smallest absolute Gasteiger partial charge is 0.407 e. The van der Waals surface area contributed by atoms with Crippen LogP contribution in [0.25, 0.3) is 0 Å². The molecule has 1 aliphatic carbocycles. The lowest BCUT2D eigenvalue weighted by molar-refractivity contribution is 0.0523. The van der Waals surface area contributed by atoms with Crippen LogP contribution in [0.1, 0.15) is 78.8 Å². The van der Waals surface area contributed by atoms with E-state index in [1.165, 1.54) is 43.2 Å². The molecule has 3 N–H and O–H groups in total. The third-order valence-corrected chi connectivity index (χ3v) is 9.62. The minimum atomic E-state index is -0.827. The number of carbonyl (C=O) groups excluding carboxylic acids is 1. The Balaban J connectivity index is 1.34. The number of carboxylic acid groups (broad SMARTS) is 1. The lowest BCUT2D eigenvalue weighted by atomic mass is 9.76. The van der Waals surface area contributed by atoms with Gasteiger partial charge in [0.05, 0.1) is 6.61 Å². The van der Waals surface area contributed by atoms with E-state index in [0.717, 1.165) is 38.8 Å². The van der Waals surface area contributed by atoms with Crippen LogP contribution < -0.4 is 10.5 Å². The molecule has 7 nitrogen and oxygen atoms in total. The number of rotatable bonds is 13. The van der Waals surface area contributed by atoms with Crippen LogP contribution in [0.2, 0.25) is 0 Å². The van der Waals surface area contributed by atoms with E-state index in [1.807, 2.05) is 24.3 Å². The van der Waals surface area contributed by atoms with Crippen LogP contribution in [0.4, 0.5) is 4.79 Å². The van der Waals surface area contributed by atoms with Gasteiger partial charge in [0, 0.05) is 37.3 Å². The quantitative estimate of drug-likeness (QED) is 0.207. The second-order valence-electron chi connectivity index (χ2n) is 12.5. The molecular formula is C37H47N3O4. The predicted molar refractivity (Wildman–Crippen MR) is 174 cm³/mol. The second kappa shape index (κ2) is 15.8. The summed E-state index contributed by atoms with van der Waals surface area (Å²) < 4.78 is 6.07. The van der Waals surface area contributed by atoms with Gasteiger partial charge in [-0.3, -0.25) is 9.69 Å². The van der Waals surface area contributed by atoms with Gasteiger partial charge in [-0.2, -0.15) is 0 Å². The number of ether oxygens (including phenoxy) is 1. The zero-order valence-corrected chi connectivity index (χ0v) is 25.7. The Morgan fingerprint density at radius 2 is 1.66 bits per heavy atom. The predicted octanol–water partition coefficient (Wildman–Crippen LogP) is 6.97. The van der Waals surface area contributed by atoms with Crippen LogP contribution in [0.5, 0.6) is 5.75 Å². The number of likely N-dealkylation sites (tertiary alicyclic amines) is 1. The maximum Gasteiger partial charge on any atom is 0.407 e. The molecule has 0 radical (unpaired) electrons. The molecule has 1 aliphatic heterocycles. The Kier molecular flexibility index (Phi) is 11.3. The number of amides is 2. The van der Waals surface area contributed by atoms with Crippen molar-refractivity contribution in [1.82, 2.24) is 9.80 Å². The van der Waals surface area contributed by atoms with E-state index in [9.17, 15) is 14.7 Å². The van der Waals surface area contributed by atoms with Gasteiger partial charge in [-0.05, 0) is 79.7 Å². The molecule has 3 aromatic rings. The first-order valence-corrected chi connectivity index (χ1v) is 16.3. The summed E-state index contributed by atoms with van der Waals surface area (Å²) in [5, 5.41) is 10.1. The Hall–Kier alpha value is -3.84. The van der Waals surface area contributed by atoms with Crippen LogP contribution >= 0.6 is 0 Å². The van der Waals surface area contributed by atoms with Crippen molar-refractivity contribution >= 4 is 12.0 Å². The third-order valence-electron chi connectivity index (χ3n) is 9.62. The van der Waals surface area contributed by atoms with Gasteiger partial charge in [-0.1, -0.05) is 86.0 Å². The fourth-order valence-electron chi connectivity index (χ4n) is 7.33. The number of piperidine rings is 1. The highest BCUT2D eigenvalue weighted by Crippen LogP contribution is 2.38. The first-order chi connectivity index (χ1) is 21.5. The summed E-state index contributed by atoms with van der Waals surface area (Å²) in [7, 11) is 0. The summed E-state index contributed by atoms with van der Waals surface area (Å²) in [5.74, 6) is 1.28. The molecule has 1 saturated heterocycles. The molecular weight excluding hydrogens is 550 g/mol. The van der Waals surface area contributed by atoms with Gasteiger partial charge in [0.25, 0.3) is 0 Å². The molecule has 7 heteroatoms. The van der Waals surface area contributed by atoms with E-state index in [2.05, 4.69) is 47.4 Å². The number of nitrogens with zero attached hydrogens (tertiary/aromatic N) is 2. The summed E-state index contributed by atoms with van der Waals surface area (Å²) in [6.07, 6.45) is 8.81. The molecule has 3 aromatic carbocycles. The van der Waals surface area contributed by atoms with Crippen LogP contribution in [0.15, 0.2) is 84.9 Å². The van der Waals surface area contributed by atoms with Crippen molar-refractivity contribution < 1.29 is 19.4 Å². The second-order valence-corrected chi connectivity index (χ2v) is 12.5. The van der Waals surface area contributed by atoms with Gasteiger partial charge in [-0.15, -0.1) is 0 Å². The van der Waals surface area contributed by atoms with E-state index < -0.39 is 12.0 Å². The van der Waals surface area contributed by atoms with E-state index >= 15 is 0 Å². The molecule has 2 aliphatic rings. The molecule has 44 heavy (non-hydrogen) atoms. The minimum Gasteiger partial charge on any atom is -0.494 e. The fraction of sp³-hybridized carbons (Fsp3) is 0.459. The van der Waals surface area contributed by atoms with E-state index in [0.29, 0.717) is 36.3 Å². The molecule has 1 heterocycles. The largest absolute Gasteiger partial charge is 0.494 e. The highest BCUT2D eigenvalue weighted by molar-refractivity contribution is 5.93. The minimum absolute atomic E-state index is 0.0613. The highest BCUT2D eigenvalue weighted by Gasteiger charge is 2.36. The van der Waals surface area contributed by atoms with Crippen molar-refractivity contribution in [1.29, 1.82) is 0 Å². The molecule has 2 amide bonds. The zero-order chi connectivity index (χ0) is 30.7. The van der Waals surface area contributed by atoms with Crippen LogP contribution in [-0.4, -0.2) is 65.2 Å². The van der Waals surface area contributed by atoms with E-state index in [-0.39, 0.29) is 12.1 Å². The van der Waals surface area contributed by atoms with Gasteiger partial charge in [-0.25, -0.2) is 4.79 Å². The number of hydrogen-bond acceptors (Lipinski definition) is 4. The van der Waals surface area contributed by atoms with E-state index in [1.54, 1.807) is 23.1 Å². The average molecular weight is 598 g/mol. The number of primary amides is 1. The van der Waals surface area contributed by atoms with Crippen molar-refractivity contribution in [3.05, 3.63) is 102 Å². The van der Waals surface area contributed by atoms with Crippen molar-refractivity contribution in [3.8, 4) is 5.75 Å². The summed E-state index contributed by atoms with van der Waals surface area (Å²) in [6, 6.07) is 28.5. The third kappa shape index (κ3) is 8.63. The molecule has 5 rings (SSSR count). The molecule has 234 valence electrons. The Morgan fingerprint density at radius 3 is 2.36 bits per heavy atom. The van der Waals surface area contributed by atoms with Crippen LogP contribution in [0.3, 0.4) is 0 Å². The van der Waals surface area contributed by atoms with Crippen molar-refractivity contribution in [2.75, 3.05) is 26.2 Å². The Bertz CT molecular complexity index is 1330. The SMILES string of the molecule is NC(=O)c1cccc(OCCCN(CC(c2ccccc2)C2CCCCC2)C2CCN(C(=O)O)C(Cc3ccccc3)C2)c1. The van der Waals surface area contributed by atoms with Crippen LogP contribution in [-0.2, 0) is 6.42 Å². The number of hydrogen-bond donors (Lipinski definition) is 2. The topological polar surface area (TPSA) is 96.1 Å². The first-order valence-electron chi connectivity index (χ1n) is 16.3. The number of nitrogens with two attached hydrogens (primary N) is 1. The molecule has 3 atom stereocenters.